The molecule has 30 heavy (non-hydrogen) atoms. The van der Waals surface area contributed by atoms with Crippen molar-refractivity contribution in [3.8, 4) is 0 Å². The average molecular weight is 436 g/mol. The summed E-state index contributed by atoms with van der Waals surface area (Å²) in [4.78, 5) is 35.9. The maximum Gasteiger partial charge on any atom is 0.507 e. The number of carboxylic acid groups (broad SMARTS) is 1. The van der Waals surface area contributed by atoms with E-state index in [4.69, 9.17) is 9.84 Å². The van der Waals surface area contributed by atoms with Crippen molar-refractivity contribution < 1.29 is 32.6 Å². The Morgan fingerprint density at radius 1 is 1.07 bits per heavy atom. The van der Waals surface area contributed by atoms with Gasteiger partial charge in [-0.3, -0.25) is 14.5 Å². The molecule has 162 valence electrons. The van der Waals surface area contributed by atoms with Crippen LogP contribution in [0.2, 0.25) is 0 Å². The number of carbonyl (C=O) groups is 3. The van der Waals surface area contributed by atoms with Gasteiger partial charge < -0.3 is 9.84 Å². The Hall–Kier alpha value is -2.46. The Bertz CT molecular complexity index is 944. The number of amides is 2. The number of benzene rings is 1. The zero-order chi connectivity index (χ0) is 21.5. The molecule has 2 saturated heterocycles. The maximum absolute atomic E-state index is 13.4. The molecule has 4 rings (SSSR count). The third-order valence-electron chi connectivity index (χ3n) is 6.22. The standard InChI is InChI=1S/C20H24N2O7S/c23-17-9-10-18(24)21(17)12-13-5-7-15(8-6-13)30(27,28)22-16-4-2-1-3-14(16)11-19(22)29-20(25)26/h5-8,14,16,19H,1-4,9-12H2,(H,25,26)/t14-,16-,19-/m0/s1. The van der Waals surface area contributed by atoms with Gasteiger partial charge in [-0.25, -0.2) is 13.2 Å². The number of carbonyl (C=O) groups excluding carboxylic acids is 2. The van der Waals surface area contributed by atoms with Gasteiger partial charge in [-0.05, 0) is 36.5 Å². The number of fused-ring (bicyclic) bond motifs is 1. The Kier molecular flexibility index (Phi) is 5.54. The van der Waals surface area contributed by atoms with Crippen LogP contribution in [0.1, 0.15) is 50.5 Å². The van der Waals surface area contributed by atoms with Crippen LogP contribution in [0.3, 0.4) is 0 Å². The predicted octanol–water partition coefficient (Wildman–Crippen LogP) is 2.31. The SMILES string of the molecule is O=C(O)O[C@H]1C[C@@H]2CCCC[C@@H]2N1S(=O)(=O)c1ccc(CN2C(=O)CCC2=O)cc1. The van der Waals surface area contributed by atoms with Crippen molar-refractivity contribution in [3.05, 3.63) is 29.8 Å². The van der Waals surface area contributed by atoms with Gasteiger partial charge in [-0.15, -0.1) is 0 Å². The van der Waals surface area contributed by atoms with E-state index in [1.165, 1.54) is 21.3 Å². The lowest BCUT2D eigenvalue weighted by atomic mass is 9.85. The van der Waals surface area contributed by atoms with Gasteiger partial charge in [0.25, 0.3) is 0 Å². The molecule has 2 aliphatic heterocycles. The highest BCUT2D eigenvalue weighted by atomic mass is 32.2. The fourth-order valence-corrected chi connectivity index (χ4v) is 6.59. The fraction of sp³-hybridized carbons (Fsp3) is 0.550. The van der Waals surface area contributed by atoms with E-state index in [0.29, 0.717) is 18.4 Å². The molecule has 10 heteroatoms. The molecule has 9 nitrogen and oxygen atoms in total. The first-order valence-electron chi connectivity index (χ1n) is 10.1. The van der Waals surface area contributed by atoms with Crippen LogP contribution in [0.15, 0.2) is 29.2 Å². The molecular weight excluding hydrogens is 412 g/mol. The molecule has 1 aromatic rings. The number of nitrogens with zero attached hydrogens (tertiary/aromatic N) is 2. The lowest BCUT2D eigenvalue weighted by Crippen LogP contribution is -2.44. The van der Waals surface area contributed by atoms with Gasteiger partial charge in [0.05, 0.1) is 11.4 Å². The zero-order valence-electron chi connectivity index (χ0n) is 16.4. The van der Waals surface area contributed by atoms with Gasteiger partial charge in [-0.2, -0.15) is 4.31 Å². The predicted molar refractivity (Wildman–Crippen MR) is 104 cm³/mol. The van der Waals surface area contributed by atoms with E-state index in [9.17, 15) is 22.8 Å². The summed E-state index contributed by atoms with van der Waals surface area (Å²) in [5.74, 6) is -0.374. The van der Waals surface area contributed by atoms with Crippen molar-refractivity contribution in [1.29, 1.82) is 0 Å². The monoisotopic (exact) mass is 436 g/mol. The van der Waals surface area contributed by atoms with E-state index in [2.05, 4.69) is 0 Å². The van der Waals surface area contributed by atoms with Gasteiger partial charge in [0.2, 0.25) is 21.8 Å². The van der Waals surface area contributed by atoms with Crippen LogP contribution in [0, 0.1) is 5.92 Å². The molecule has 0 bridgehead atoms. The molecule has 3 atom stereocenters. The molecule has 1 saturated carbocycles. The quantitative estimate of drug-likeness (QED) is 0.555. The first-order valence-corrected chi connectivity index (χ1v) is 11.6. The highest BCUT2D eigenvalue weighted by Gasteiger charge is 2.50. The molecule has 1 N–H and O–H groups in total. The topological polar surface area (TPSA) is 121 Å². The first kappa shape index (κ1) is 20.8. The number of hydrogen-bond donors (Lipinski definition) is 1. The summed E-state index contributed by atoms with van der Waals surface area (Å²) in [6, 6.07) is 5.75. The largest absolute Gasteiger partial charge is 0.507 e. The Balaban J connectivity index is 1.57. The van der Waals surface area contributed by atoms with Crippen molar-refractivity contribution in [2.75, 3.05) is 0 Å². The summed E-state index contributed by atoms with van der Waals surface area (Å²) in [6.45, 7) is 0.108. The third kappa shape index (κ3) is 3.81. The average Bonchev–Trinajstić information content (AvgIpc) is 3.22. The summed E-state index contributed by atoms with van der Waals surface area (Å²) in [5, 5.41) is 9.07. The minimum absolute atomic E-state index is 0.0375. The second kappa shape index (κ2) is 7.99. The second-order valence-corrected chi connectivity index (χ2v) is 9.88. The van der Waals surface area contributed by atoms with Crippen LogP contribution >= 0.6 is 0 Å². The van der Waals surface area contributed by atoms with E-state index in [1.807, 2.05) is 0 Å². The van der Waals surface area contributed by atoms with E-state index >= 15 is 0 Å². The molecule has 3 fully saturated rings. The Morgan fingerprint density at radius 2 is 1.70 bits per heavy atom. The number of hydrogen-bond acceptors (Lipinski definition) is 6. The van der Waals surface area contributed by atoms with Gasteiger partial charge >= 0.3 is 6.16 Å². The molecule has 2 amide bonds. The lowest BCUT2D eigenvalue weighted by molar-refractivity contribution is -0.139. The highest BCUT2D eigenvalue weighted by molar-refractivity contribution is 7.89. The molecular formula is C20H24N2O7S. The van der Waals surface area contributed by atoms with Gasteiger partial charge in [0.1, 0.15) is 0 Å². The van der Waals surface area contributed by atoms with E-state index in [1.54, 1.807) is 12.1 Å². The molecule has 0 radical (unpaired) electrons. The summed E-state index contributed by atoms with van der Waals surface area (Å²) >= 11 is 0. The van der Waals surface area contributed by atoms with E-state index in [-0.39, 0.29) is 48.1 Å². The molecule has 2 heterocycles. The van der Waals surface area contributed by atoms with Crippen molar-refractivity contribution >= 4 is 28.0 Å². The van der Waals surface area contributed by atoms with Crippen LogP contribution in [0.25, 0.3) is 0 Å². The lowest BCUT2D eigenvalue weighted by Gasteiger charge is -2.32. The highest BCUT2D eigenvalue weighted by Crippen LogP contribution is 2.43. The molecule has 3 aliphatic rings. The van der Waals surface area contributed by atoms with Crippen LogP contribution in [0.4, 0.5) is 4.79 Å². The number of imide groups is 1. The smallest absolute Gasteiger partial charge is 0.450 e. The summed E-state index contributed by atoms with van der Waals surface area (Å²) in [5.41, 5.74) is 0.646. The Labute approximate surface area is 174 Å². The second-order valence-electron chi connectivity index (χ2n) is 8.04. The minimum Gasteiger partial charge on any atom is -0.450 e. The molecule has 0 spiro atoms. The summed E-state index contributed by atoms with van der Waals surface area (Å²) < 4.78 is 32.9. The van der Waals surface area contributed by atoms with E-state index in [0.717, 1.165) is 19.3 Å². The minimum atomic E-state index is -3.97. The van der Waals surface area contributed by atoms with Gasteiger partial charge in [-0.1, -0.05) is 25.0 Å². The van der Waals surface area contributed by atoms with Crippen LogP contribution < -0.4 is 0 Å². The zero-order valence-corrected chi connectivity index (χ0v) is 17.2. The molecule has 0 unspecified atom stereocenters. The van der Waals surface area contributed by atoms with Crippen molar-refractivity contribution in [2.45, 2.75) is 68.7 Å². The number of rotatable bonds is 5. The summed E-state index contributed by atoms with van der Waals surface area (Å²) in [7, 11) is -3.97. The number of sulfonamides is 1. The van der Waals surface area contributed by atoms with E-state index < -0.39 is 22.4 Å². The fourth-order valence-electron chi connectivity index (χ4n) is 4.79. The summed E-state index contributed by atoms with van der Waals surface area (Å²) in [6.07, 6.45) is 1.68. The number of likely N-dealkylation sites (tertiary alicyclic amines) is 1. The first-order chi connectivity index (χ1) is 14.3. The van der Waals surface area contributed by atoms with Crippen LogP contribution in [-0.2, 0) is 30.9 Å². The van der Waals surface area contributed by atoms with Crippen LogP contribution in [-0.4, -0.2) is 53.0 Å². The molecule has 1 aromatic carbocycles. The molecule has 1 aliphatic carbocycles. The number of ether oxygens (including phenoxy) is 1. The molecule has 0 aromatic heterocycles. The van der Waals surface area contributed by atoms with Crippen molar-refractivity contribution in [1.82, 2.24) is 9.21 Å². The maximum atomic E-state index is 13.4. The normalized spacial score (nSPS) is 27.3. The van der Waals surface area contributed by atoms with Gasteiger partial charge in [0, 0.05) is 25.3 Å². The van der Waals surface area contributed by atoms with Crippen molar-refractivity contribution in [3.63, 3.8) is 0 Å². The van der Waals surface area contributed by atoms with Crippen molar-refractivity contribution in [2.24, 2.45) is 5.92 Å². The van der Waals surface area contributed by atoms with Crippen LogP contribution in [0.5, 0.6) is 0 Å². The van der Waals surface area contributed by atoms with Gasteiger partial charge in [0.15, 0.2) is 6.23 Å². The third-order valence-corrected chi connectivity index (χ3v) is 8.14. The Morgan fingerprint density at radius 3 is 2.33 bits per heavy atom.